The molecule has 1 N–H and O–H groups in total. The lowest BCUT2D eigenvalue weighted by molar-refractivity contribution is 0.0946. The standard InChI is InChI=1S/C12H13FN4O/c1-2-17-8-9(7-16-17)6-15-12(18)10-4-3-5-14-11(10)13/h3-5,7-8H,2,6H2,1H3,(H,15,18). The number of halogens is 1. The van der Waals surface area contributed by atoms with Gasteiger partial charge in [0.15, 0.2) is 0 Å². The fraction of sp³-hybridized carbons (Fsp3) is 0.250. The van der Waals surface area contributed by atoms with Crippen LogP contribution in [-0.2, 0) is 13.1 Å². The number of rotatable bonds is 4. The summed E-state index contributed by atoms with van der Waals surface area (Å²) in [6.07, 6.45) is 4.81. The fourth-order valence-corrected chi connectivity index (χ4v) is 1.50. The summed E-state index contributed by atoms with van der Waals surface area (Å²) < 4.78 is 15.0. The van der Waals surface area contributed by atoms with Gasteiger partial charge in [0.2, 0.25) is 5.95 Å². The molecule has 94 valence electrons. The first kappa shape index (κ1) is 12.2. The van der Waals surface area contributed by atoms with Crippen LogP contribution >= 0.6 is 0 Å². The molecule has 2 aromatic heterocycles. The van der Waals surface area contributed by atoms with Gasteiger partial charge in [-0.3, -0.25) is 9.48 Å². The Morgan fingerprint density at radius 3 is 3.06 bits per heavy atom. The van der Waals surface area contributed by atoms with E-state index >= 15 is 0 Å². The molecule has 0 atom stereocenters. The molecule has 6 heteroatoms. The van der Waals surface area contributed by atoms with E-state index in [0.29, 0.717) is 6.54 Å². The highest BCUT2D eigenvalue weighted by atomic mass is 19.1. The van der Waals surface area contributed by atoms with E-state index in [9.17, 15) is 9.18 Å². The summed E-state index contributed by atoms with van der Waals surface area (Å²) in [5, 5.41) is 6.70. The predicted octanol–water partition coefficient (Wildman–Crippen LogP) is 1.37. The molecule has 0 saturated heterocycles. The molecule has 0 aliphatic carbocycles. The molecule has 2 heterocycles. The average Bonchev–Trinajstić information content (AvgIpc) is 2.84. The van der Waals surface area contributed by atoms with Crippen molar-refractivity contribution in [1.29, 1.82) is 0 Å². The van der Waals surface area contributed by atoms with Gasteiger partial charge in [0.25, 0.3) is 5.91 Å². The van der Waals surface area contributed by atoms with Crippen LogP contribution in [0.1, 0.15) is 22.8 Å². The summed E-state index contributed by atoms with van der Waals surface area (Å²) >= 11 is 0. The van der Waals surface area contributed by atoms with E-state index in [1.54, 1.807) is 10.9 Å². The quantitative estimate of drug-likeness (QED) is 0.831. The van der Waals surface area contributed by atoms with Crippen LogP contribution in [0, 0.1) is 5.95 Å². The first-order valence-electron chi connectivity index (χ1n) is 5.60. The Balaban J connectivity index is 1.98. The van der Waals surface area contributed by atoms with Gasteiger partial charge in [0.05, 0.1) is 11.8 Å². The number of pyridine rings is 1. The molecule has 0 aliphatic heterocycles. The van der Waals surface area contributed by atoms with Crippen LogP contribution in [0.25, 0.3) is 0 Å². The van der Waals surface area contributed by atoms with E-state index in [2.05, 4.69) is 15.4 Å². The van der Waals surface area contributed by atoms with Crippen LogP contribution in [-0.4, -0.2) is 20.7 Å². The van der Waals surface area contributed by atoms with Gasteiger partial charge in [-0.1, -0.05) is 0 Å². The van der Waals surface area contributed by atoms with Crippen molar-refractivity contribution in [2.45, 2.75) is 20.0 Å². The van der Waals surface area contributed by atoms with Crippen LogP contribution in [0.2, 0.25) is 0 Å². The highest BCUT2D eigenvalue weighted by Crippen LogP contribution is 2.04. The normalized spacial score (nSPS) is 10.3. The van der Waals surface area contributed by atoms with Gasteiger partial charge in [-0.25, -0.2) is 4.98 Å². The molecule has 5 nitrogen and oxygen atoms in total. The molecule has 1 amide bonds. The molecule has 0 saturated carbocycles. The van der Waals surface area contributed by atoms with Gasteiger partial charge in [0.1, 0.15) is 0 Å². The third-order valence-electron chi connectivity index (χ3n) is 2.47. The third-order valence-corrected chi connectivity index (χ3v) is 2.47. The topological polar surface area (TPSA) is 59.8 Å². The van der Waals surface area contributed by atoms with Gasteiger partial charge < -0.3 is 5.32 Å². The number of hydrogen-bond acceptors (Lipinski definition) is 3. The molecular formula is C12H13FN4O. The summed E-state index contributed by atoms with van der Waals surface area (Å²) in [6.45, 7) is 3.05. The lowest BCUT2D eigenvalue weighted by atomic mass is 10.2. The van der Waals surface area contributed by atoms with Gasteiger partial charge in [-0.2, -0.15) is 9.49 Å². The number of carbonyl (C=O) groups is 1. The van der Waals surface area contributed by atoms with Crippen molar-refractivity contribution in [3.8, 4) is 0 Å². The average molecular weight is 248 g/mol. The van der Waals surface area contributed by atoms with E-state index < -0.39 is 11.9 Å². The number of nitrogens with zero attached hydrogens (tertiary/aromatic N) is 3. The Bertz CT molecular complexity index is 553. The molecule has 0 radical (unpaired) electrons. The number of aryl methyl sites for hydroxylation is 1. The second-order valence-electron chi connectivity index (χ2n) is 3.73. The van der Waals surface area contributed by atoms with E-state index in [4.69, 9.17) is 0 Å². The summed E-state index contributed by atoms with van der Waals surface area (Å²) in [5.41, 5.74) is 0.815. The van der Waals surface area contributed by atoms with Crippen LogP contribution < -0.4 is 5.32 Å². The van der Waals surface area contributed by atoms with Crippen molar-refractivity contribution in [2.24, 2.45) is 0 Å². The minimum atomic E-state index is -0.765. The first-order chi connectivity index (χ1) is 8.70. The molecule has 18 heavy (non-hydrogen) atoms. The van der Waals surface area contributed by atoms with Crippen LogP contribution in [0.4, 0.5) is 4.39 Å². The van der Waals surface area contributed by atoms with Gasteiger partial charge >= 0.3 is 0 Å². The molecule has 2 aromatic rings. The molecule has 0 fully saturated rings. The number of carbonyl (C=O) groups excluding carboxylic acids is 1. The third kappa shape index (κ3) is 2.71. The van der Waals surface area contributed by atoms with E-state index in [1.165, 1.54) is 18.3 Å². The zero-order chi connectivity index (χ0) is 13.0. The van der Waals surface area contributed by atoms with Crippen molar-refractivity contribution >= 4 is 5.91 Å². The first-order valence-corrected chi connectivity index (χ1v) is 5.60. The minimum Gasteiger partial charge on any atom is -0.348 e. The van der Waals surface area contributed by atoms with Crippen molar-refractivity contribution in [3.05, 3.63) is 47.8 Å². The van der Waals surface area contributed by atoms with E-state index in [-0.39, 0.29) is 5.56 Å². The maximum Gasteiger partial charge on any atom is 0.256 e. The lowest BCUT2D eigenvalue weighted by Crippen LogP contribution is -2.23. The second kappa shape index (κ2) is 5.39. The number of nitrogens with one attached hydrogen (secondary N) is 1. The molecule has 0 aliphatic rings. The largest absolute Gasteiger partial charge is 0.348 e. The summed E-state index contributed by atoms with van der Waals surface area (Å²) in [4.78, 5) is 15.1. The Morgan fingerprint density at radius 1 is 1.56 bits per heavy atom. The molecule has 0 aromatic carbocycles. The van der Waals surface area contributed by atoms with Crippen LogP contribution in [0.5, 0.6) is 0 Å². The zero-order valence-electron chi connectivity index (χ0n) is 9.93. The molecule has 2 rings (SSSR count). The van der Waals surface area contributed by atoms with E-state index in [0.717, 1.165) is 12.1 Å². The predicted molar refractivity (Wildman–Crippen MR) is 63.3 cm³/mol. The molecule has 0 bridgehead atoms. The Kier molecular flexibility index (Phi) is 3.66. The highest BCUT2D eigenvalue weighted by molar-refractivity contribution is 5.94. The minimum absolute atomic E-state index is 0.0552. The summed E-state index contributed by atoms with van der Waals surface area (Å²) in [6, 6.07) is 2.92. The van der Waals surface area contributed by atoms with Crippen molar-refractivity contribution < 1.29 is 9.18 Å². The second-order valence-corrected chi connectivity index (χ2v) is 3.73. The van der Waals surface area contributed by atoms with Gasteiger partial charge in [0, 0.05) is 31.0 Å². The van der Waals surface area contributed by atoms with Crippen LogP contribution in [0.15, 0.2) is 30.7 Å². The van der Waals surface area contributed by atoms with Crippen molar-refractivity contribution in [3.63, 3.8) is 0 Å². The Hall–Kier alpha value is -2.24. The lowest BCUT2D eigenvalue weighted by Gasteiger charge is -2.03. The fourth-order valence-electron chi connectivity index (χ4n) is 1.50. The van der Waals surface area contributed by atoms with Gasteiger partial charge in [-0.15, -0.1) is 0 Å². The summed E-state index contributed by atoms with van der Waals surface area (Å²) in [7, 11) is 0. The maximum atomic E-state index is 13.2. The molecule has 0 spiro atoms. The van der Waals surface area contributed by atoms with Crippen molar-refractivity contribution in [2.75, 3.05) is 0 Å². The SMILES string of the molecule is CCn1cc(CNC(=O)c2cccnc2F)cn1. The number of aromatic nitrogens is 3. The van der Waals surface area contributed by atoms with Crippen LogP contribution in [0.3, 0.4) is 0 Å². The number of hydrogen-bond donors (Lipinski definition) is 1. The smallest absolute Gasteiger partial charge is 0.256 e. The molecule has 0 unspecified atom stereocenters. The maximum absolute atomic E-state index is 13.2. The number of amides is 1. The Labute approximate surface area is 104 Å². The Morgan fingerprint density at radius 2 is 2.39 bits per heavy atom. The van der Waals surface area contributed by atoms with E-state index in [1.807, 2.05) is 13.1 Å². The zero-order valence-corrected chi connectivity index (χ0v) is 9.93. The van der Waals surface area contributed by atoms with Crippen molar-refractivity contribution in [1.82, 2.24) is 20.1 Å². The highest BCUT2D eigenvalue weighted by Gasteiger charge is 2.11. The molecular weight excluding hydrogens is 235 g/mol. The van der Waals surface area contributed by atoms with Gasteiger partial charge in [-0.05, 0) is 19.1 Å². The summed E-state index contributed by atoms with van der Waals surface area (Å²) in [5.74, 6) is -1.25. The monoisotopic (exact) mass is 248 g/mol.